The lowest BCUT2D eigenvalue weighted by molar-refractivity contribution is 0.0949. The molecule has 0 saturated heterocycles. The number of carbonyl (C=O) groups is 1. The predicted molar refractivity (Wildman–Crippen MR) is 60.1 cm³/mol. The molecule has 90 valence electrons. The summed E-state index contributed by atoms with van der Waals surface area (Å²) < 4.78 is 1.64. The third kappa shape index (κ3) is 2.49. The number of H-pyrrole nitrogens is 1. The molecule has 7 heteroatoms. The zero-order valence-corrected chi connectivity index (χ0v) is 9.77. The fraction of sp³-hybridized carbons (Fsp3) is 0.400. The van der Waals surface area contributed by atoms with Crippen LogP contribution in [0.4, 0.5) is 0 Å². The van der Waals surface area contributed by atoms with Crippen LogP contribution in [0.5, 0.6) is 0 Å². The van der Waals surface area contributed by atoms with E-state index in [9.17, 15) is 4.79 Å². The Morgan fingerprint density at radius 2 is 2.41 bits per heavy atom. The SMILES string of the molecule is CCc1nn(C)cc1C(=O)NCc1ncn[nH]1. The molecule has 0 atom stereocenters. The minimum atomic E-state index is -0.147. The second kappa shape index (κ2) is 4.77. The summed E-state index contributed by atoms with van der Waals surface area (Å²) in [7, 11) is 1.80. The Labute approximate surface area is 98.2 Å². The summed E-state index contributed by atoms with van der Waals surface area (Å²) in [5.41, 5.74) is 1.40. The van der Waals surface area contributed by atoms with Crippen LogP contribution in [0.2, 0.25) is 0 Å². The van der Waals surface area contributed by atoms with E-state index in [0.29, 0.717) is 17.9 Å². The normalized spacial score (nSPS) is 10.5. The van der Waals surface area contributed by atoms with Crippen molar-refractivity contribution < 1.29 is 4.79 Å². The van der Waals surface area contributed by atoms with Gasteiger partial charge in [-0.15, -0.1) is 0 Å². The smallest absolute Gasteiger partial charge is 0.255 e. The van der Waals surface area contributed by atoms with Crippen molar-refractivity contribution in [3.8, 4) is 0 Å². The Bertz CT molecular complexity index is 501. The number of hydrogen-bond donors (Lipinski definition) is 2. The second-order valence-corrected chi connectivity index (χ2v) is 3.63. The van der Waals surface area contributed by atoms with Crippen molar-refractivity contribution in [2.24, 2.45) is 7.05 Å². The third-order valence-electron chi connectivity index (χ3n) is 2.37. The van der Waals surface area contributed by atoms with Crippen LogP contribution in [0.25, 0.3) is 0 Å². The van der Waals surface area contributed by atoms with Crippen LogP contribution >= 0.6 is 0 Å². The average Bonchev–Trinajstić information content (AvgIpc) is 2.94. The highest BCUT2D eigenvalue weighted by Gasteiger charge is 2.14. The van der Waals surface area contributed by atoms with Crippen LogP contribution in [0.15, 0.2) is 12.5 Å². The van der Waals surface area contributed by atoms with E-state index in [4.69, 9.17) is 0 Å². The quantitative estimate of drug-likeness (QED) is 0.781. The van der Waals surface area contributed by atoms with E-state index in [1.807, 2.05) is 6.92 Å². The molecule has 2 aromatic heterocycles. The molecule has 2 rings (SSSR count). The zero-order chi connectivity index (χ0) is 12.3. The lowest BCUT2D eigenvalue weighted by Gasteiger charge is -2.01. The van der Waals surface area contributed by atoms with Gasteiger partial charge in [-0.2, -0.15) is 10.2 Å². The molecule has 0 radical (unpaired) electrons. The van der Waals surface area contributed by atoms with Gasteiger partial charge in [0.25, 0.3) is 5.91 Å². The van der Waals surface area contributed by atoms with Crippen molar-refractivity contribution in [3.05, 3.63) is 29.6 Å². The van der Waals surface area contributed by atoms with E-state index in [0.717, 1.165) is 12.1 Å². The number of rotatable bonds is 4. The Hall–Kier alpha value is -2.18. The van der Waals surface area contributed by atoms with Crippen LogP contribution < -0.4 is 5.32 Å². The van der Waals surface area contributed by atoms with Gasteiger partial charge in [-0.3, -0.25) is 14.6 Å². The molecule has 2 aromatic rings. The molecular formula is C10H14N6O. The monoisotopic (exact) mass is 234 g/mol. The molecule has 7 nitrogen and oxygen atoms in total. The highest BCUT2D eigenvalue weighted by molar-refractivity contribution is 5.95. The number of aromatic nitrogens is 5. The molecule has 0 aliphatic heterocycles. The third-order valence-corrected chi connectivity index (χ3v) is 2.37. The summed E-state index contributed by atoms with van der Waals surface area (Å²) >= 11 is 0. The Kier molecular flexibility index (Phi) is 3.17. The first-order valence-electron chi connectivity index (χ1n) is 5.35. The number of nitrogens with one attached hydrogen (secondary N) is 2. The topological polar surface area (TPSA) is 88.5 Å². The van der Waals surface area contributed by atoms with Gasteiger partial charge in [-0.25, -0.2) is 4.98 Å². The maximum absolute atomic E-state index is 11.9. The first kappa shape index (κ1) is 11.3. The predicted octanol–water partition coefficient (Wildman–Crippen LogP) is 0.0306. The summed E-state index contributed by atoms with van der Waals surface area (Å²) in [6.45, 7) is 2.30. The van der Waals surface area contributed by atoms with Crippen molar-refractivity contribution in [1.29, 1.82) is 0 Å². The lowest BCUT2D eigenvalue weighted by Crippen LogP contribution is -2.24. The molecule has 0 spiro atoms. The van der Waals surface area contributed by atoms with E-state index in [2.05, 4.69) is 25.6 Å². The second-order valence-electron chi connectivity index (χ2n) is 3.63. The molecule has 0 saturated carbocycles. The van der Waals surface area contributed by atoms with Gasteiger partial charge in [0.15, 0.2) is 0 Å². The Morgan fingerprint density at radius 1 is 1.59 bits per heavy atom. The van der Waals surface area contributed by atoms with E-state index in [1.54, 1.807) is 17.9 Å². The summed E-state index contributed by atoms with van der Waals surface area (Å²) in [4.78, 5) is 15.8. The summed E-state index contributed by atoms with van der Waals surface area (Å²) in [6.07, 6.45) is 3.85. The molecular weight excluding hydrogens is 220 g/mol. The number of carbonyl (C=O) groups excluding carboxylic acids is 1. The van der Waals surface area contributed by atoms with Gasteiger partial charge in [-0.1, -0.05) is 6.92 Å². The van der Waals surface area contributed by atoms with Crippen molar-refractivity contribution in [3.63, 3.8) is 0 Å². The van der Waals surface area contributed by atoms with Crippen molar-refractivity contribution >= 4 is 5.91 Å². The van der Waals surface area contributed by atoms with Crippen LogP contribution in [-0.2, 0) is 20.0 Å². The first-order valence-corrected chi connectivity index (χ1v) is 5.35. The number of hydrogen-bond acceptors (Lipinski definition) is 4. The van der Waals surface area contributed by atoms with E-state index >= 15 is 0 Å². The fourth-order valence-corrected chi connectivity index (χ4v) is 1.56. The van der Waals surface area contributed by atoms with E-state index in [-0.39, 0.29) is 5.91 Å². The fourth-order valence-electron chi connectivity index (χ4n) is 1.56. The van der Waals surface area contributed by atoms with E-state index in [1.165, 1.54) is 6.33 Å². The van der Waals surface area contributed by atoms with Gasteiger partial charge in [0.05, 0.1) is 17.8 Å². The number of aromatic amines is 1. The molecule has 2 heterocycles. The van der Waals surface area contributed by atoms with Gasteiger partial charge < -0.3 is 5.32 Å². The largest absolute Gasteiger partial charge is 0.345 e. The highest BCUT2D eigenvalue weighted by Crippen LogP contribution is 2.06. The zero-order valence-electron chi connectivity index (χ0n) is 9.77. The highest BCUT2D eigenvalue weighted by atomic mass is 16.1. The summed E-state index contributed by atoms with van der Waals surface area (Å²) in [6, 6.07) is 0. The molecule has 0 aliphatic rings. The van der Waals surface area contributed by atoms with Crippen molar-refractivity contribution in [2.45, 2.75) is 19.9 Å². The molecule has 2 N–H and O–H groups in total. The standard InChI is InChI=1S/C10H14N6O/c1-3-8-7(5-16(2)15-8)10(17)11-4-9-12-6-13-14-9/h5-6H,3-4H2,1-2H3,(H,11,17)(H,12,13,14). The Balaban J connectivity index is 2.04. The molecule has 1 amide bonds. The van der Waals surface area contributed by atoms with Crippen LogP contribution in [0.1, 0.15) is 28.8 Å². The van der Waals surface area contributed by atoms with Crippen LogP contribution in [-0.4, -0.2) is 30.9 Å². The van der Waals surface area contributed by atoms with Crippen molar-refractivity contribution in [1.82, 2.24) is 30.3 Å². The first-order chi connectivity index (χ1) is 8.20. The molecule has 0 aromatic carbocycles. The number of nitrogens with zero attached hydrogens (tertiary/aromatic N) is 4. The summed E-state index contributed by atoms with van der Waals surface area (Å²) in [5, 5.41) is 13.4. The minimum absolute atomic E-state index is 0.147. The lowest BCUT2D eigenvalue weighted by atomic mass is 10.2. The molecule has 17 heavy (non-hydrogen) atoms. The maximum Gasteiger partial charge on any atom is 0.255 e. The van der Waals surface area contributed by atoms with Gasteiger partial charge in [0, 0.05) is 13.2 Å². The van der Waals surface area contributed by atoms with Crippen LogP contribution in [0, 0.1) is 0 Å². The number of amides is 1. The van der Waals surface area contributed by atoms with Gasteiger partial charge in [0.2, 0.25) is 0 Å². The minimum Gasteiger partial charge on any atom is -0.345 e. The molecule has 0 unspecified atom stereocenters. The maximum atomic E-state index is 11.9. The average molecular weight is 234 g/mol. The van der Waals surface area contributed by atoms with E-state index < -0.39 is 0 Å². The molecule has 0 aliphatic carbocycles. The van der Waals surface area contributed by atoms with Crippen molar-refractivity contribution in [2.75, 3.05) is 0 Å². The number of aryl methyl sites for hydroxylation is 2. The Morgan fingerprint density at radius 3 is 3.06 bits per heavy atom. The molecule has 0 fully saturated rings. The molecule has 0 bridgehead atoms. The summed E-state index contributed by atoms with van der Waals surface area (Å²) in [5.74, 6) is 0.478. The van der Waals surface area contributed by atoms with Gasteiger partial charge >= 0.3 is 0 Å². The van der Waals surface area contributed by atoms with Crippen LogP contribution in [0.3, 0.4) is 0 Å². The van der Waals surface area contributed by atoms with Gasteiger partial charge in [-0.05, 0) is 6.42 Å². The van der Waals surface area contributed by atoms with Gasteiger partial charge in [0.1, 0.15) is 12.2 Å².